The molecule has 0 bridgehead atoms. The minimum absolute atomic E-state index is 0. The van der Waals surface area contributed by atoms with Crippen LogP contribution in [0.1, 0.15) is 66.2 Å². The van der Waals surface area contributed by atoms with Crippen molar-refractivity contribution in [2.24, 2.45) is 5.92 Å². The van der Waals surface area contributed by atoms with Gasteiger partial charge < -0.3 is 5.11 Å². The van der Waals surface area contributed by atoms with Crippen LogP contribution < -0.4 is 5.11 Å². The van der Waals surface area contributed by atoms with Gasteiger partial charge in [0.05, 0.1) is 0 Å². The van der Waals surface area contributed by atoms with Gasteiger partial charge in [0.25, 0.3) is 0 Å². The molecule has 93 valence electrons. The maximum Gasteiger partial charge on any atom is 0 e. The molecule has 1 radical (unpaired) electrons. The van der Waals surface area contributed by atoms with Gasteiger partial charge in [-0.2, -0.15) is 0 Å². The molecule has 0 aliphatic carbocycles. The molecule has 0 N–H and O–H groups in total. The van der Waals surface area contributed by atoms with Gasteiger partial charge in [-0.05, 0) is 12.3 Å². The molecule has 0 aromatic carbocycles. The Labute approximate surface area is 115 Å². The average molecular weight is 278 g/mol. The average Bonchev–Trinajstić information content (AvgIpc) is 2.27. The normalized spacial score (nSPS) is 12.2. The van der Waals surface area contributed by atoms with Gasteiger partial charge in [0, 0.05) is 19.5 Å². The molecule has 0 spiro atoms. The Balaban J connectivity index is -0.000000529. The Hall–Kier alpha value is 0.163. The maximum absolute atomic E-state index is 11.3. The first-order valence-electron chi connectivity index (χ1n) is 6.29. The fraction of sp³-hybridized carbons (Fsp3) is 0.786. The van der Waals surface area contributed by atoms with Gasteiger partial charge in [0.1, 0.15) is 0 Å². The van der Waals surface area contributed by atoms with Gasteiger partial charge in [-0.1, -0.05) is 72.8 Å². The SMILES string of the molecule is CCCCCC/C([O-])=C/C(C)CC.[CH2]C.[Zn]. The first-order chi connectivity index (χ1) is 7.20. The van der Waals surface area contributed by atoms with Crippen LogP contribution in [0.15, 0.2) is 11.8 Å². The predicted molar refractivity (Wildman–Crippen MR) is 67.3 cm³/mol. The van der Waals surface area contributed by atoms with E-state index in [1.165, 1.54) is 19.3 Å². The molecule has 0 aromatic rings. The van der Waals surface area contributed by atoms with Crippen molar-refractivity contribution in [2.45, 2.75) is 66.2 Å². The van der Waals surface area contributed by atoms with Crippen molar-refractivity contribution in [3.05, 3.63) is 18.8 Å². The second-order valence-electron chi connectivity index (χ2n) is 3.83. The predicted octanol–water partition coefficient (Wildman–Crippen LogP) is 4.08. The van der Waals surface area contributed by atoms with E-state index in [1.54, 1.807) is 6.92 Å². The number of allylic oxidation sites excluding steroid dienone is 2. The Bertz CT molecular complexity index is 144. The van der Waals surface area contributed by atoms with Crippen molar-refractivity contribution in [1.29, 1.82) is 0 Å². The van der Waals surface area contributed by atoms with E-state index in [9.17, 15) is 5.11 Å². The molecular weight excluding hydrogens is 250 g/mol. The van der Waals surface area contributed by atoms with Crippen molar-refractivity contribution in [1.82, 2.24) is 0 Å². The molecule has 0 rings (SSSR count). The molecule has 0 aliphatic rings. The van der Waals surface area contributed by atoms with Crippen molar-refractivity contribution in [2.75, 3.05) is 0 Å². The van der Waals surface area contributed by atoms with Crippen molar-refractivity contribution in [3.63, 3.8) is 0 Å². The summed E-state index contributed by atoms with van der Waals surface area (Å²) < 4.78 is 0. The molecule has 1 nitrogen and oxygen atoms in total. The number of hydrogen-bond acceptors (Lipinski definition) is 1. The summed E-state index contributed by atoms with van der Waals surface area (Å²) in [6.45, 7) is 11.4. The molecule has 16 heavy (non-hydrogen) atoms. The fourth-order valence-corrected chi connectivity index (χ4v) is 1.24. The van der Waals surface area contributed by atoms with E-state index in [4.69, 9.17) is 0 Å². The van der Waals surface area contributed by atoms with Crippen LogP contribution in [0.2, 0.25) is 0 Å². The third-order valence-electron chi connectivity index (χ3n) is 2.39. The smallest absolute Gasteiger partial charge is 0 e. The minimum atomic E-state index is 0. The number of rotatable bonds is 7. The second-order valence-corrected chi connectivity index (χ2v) is 3.83. The van der Waals surface area contributed by atoms with Gasteiger partial charge in [-0.15, -0.1) is 5.76 Å². The largest absolute Gasteiger partial charge is 0.876 e. The molecular formula is C14H28OZn-. The molecule has 2 heteroatoms. The zero-order chi connectivity index (χ0) is 12.1. The first-order valence-corrected chi connectivity index (χ1v) is 6.29. The summed E-state index contributed by atoms with van der Waals surface area (Å²) in [5, 5.41) is 11.3. The summed E-state index contributed by atoms with van der Waals surface area (Å²) in [7, 11) is 0. The van der Waals surface area contributed by atoms with Gasteiger partial charge in [0.15, 0.2) is 0 Å². The molecule has 0 saturated heterocycles. The standard InChI is InChI=1S/C12H24O.C2H5.Zn/c1-4-6-7-8-9-12(13)10-11(3)5-2;1-2;/h10-11,13H,4-9H2,1-3H3;1H2,2H3;/p-1/b12-10-;;. The molecule has 0 heterocycles. The van der Waals surface area contributed by atoms with Crippen LogP contribution in [0.25, 0.3) is 0 Å². The second kappa shape index (κ2) is 17.6. The van der Waals surface area contributed by atoms with Crippen molar-refractivity contribution < 1.29 is 24.6 Å². The topological polar surface area (TPSA) is 23.1 Å². The minimum Gasteiger partial charge on any atom is -0.876 e. The van der Waals surface area contributed by atoms with E-state index in [0.717, 1.165) is 19.3 Å². The fourth-order valence-electron chi connectivity index (χ4n) is 1.24. The van der Waals surface area contributed by atoms with E-state index in [-0.39, 0.29) is 19.5 Å². The Kier molecular flexibility index (Phi) is 23.5. The quantitative estimate of drug-likeness (QED) is 0.391. The van der Waals surface area contributed by atoms with Gasteiger partial charge >= 0.3 is 0 Å². The molecule has 0 amide bonds. The molecule has 0 aliphatic heterocycles. The molecule has 0 fully saturated rings. The van der Waals surface area contributed by atoms with E-state index in [2.05, 4.69) is 27.7 Å². The molecule has 0 aromatic heterocycles. The van der Waals surface area contributed by atoms with Crippen LogP contribution in [-0.2, 0) is 19.5 Å². The Morgan fingerprint density at radius 2 is 1.75 bits per heavy atom. The summed E-state index contributed by atoms with van der Waals surface area (Å²) in [4.78, 5) is 0. The Morgan fingerprint density at radius 1 is 1.19 bits per heavy atom. The monoisotopic (exact) mass is 276 g/mol. The van der Waals surface area contributed by atoms with Crippen molar-refractivity contribution in [3.8, 4) is 0 Å². The van der Waals surface area contributed by atoms with Gasteiger partial charge in [-0.3, -0.25) is 0 Å². The van der Waals surface area contributed by atoms with Crippen LogP contribution in [0.3, 0.4) is 0 Å². The summed E-state index contributed by atoms with van der Waals surface area (Å²) in [5.74, 6) is 0.795. The zero-order valence-electron chi connectivity index (χ0n) is 11.7. The van der Waals surface area contributed by atoms with E-state index in [1.807, 2.05) is 6.08 Å². The van der Waals surface area contributed by atoms with E-state index < -0.39 is 0 Å². The van der Waals surface area contributed by atoms with E-state index >= 15 is 0 Å². The molecule has 0 saturated carbocycles. The first kappa shape index (κ1) is 21.4. The summed E-state index contributed by atoms with van der Waals surface area (Å²) in [6.07, 6.45) is 8.48. The van der Waals surface area contributed by atoms with Crippen LogP contribution in [0.5, 0.6) is 0 Å². The maximum atomic E-state index is 11.3. The van der Waals surface area contributed by atoms with Crippen LogP contribution >= 0.6 is 0 Å². The summed E-state index contributed by atoms with van der Waals surface area (Å²) in [5.41, 5.74) is 0. The molecule has 1 atom stereocenters. The van der Waals surface area contributed by atoms with Crippen LogP contribution in [0, 0.1) is 12.8 Å². The zero-order valence-corrected chi connectivity index (χ0v) is 14.7. The Morgan fingerprint density at radius 3 is 2.19 bits per heavy atom. The number of unbranched alkanes of at least 4 members (excludes halogenated alkanes) is 3. The number of hydrogen-bond donors (Lipinski definition) is 0. The van der Waals surface area contributed by atoms with E-state index in [0.29, 0.717) is 11.7 Å². The van der Waals surface area contributed by atoms with Crippen LogP contribution in [-0.4, -0.2) is 0 Å². The van der Waals surface area contributed by atoms with Crippen LogP contribution in [0.4, 0.5) is 0 Å². The third-order valence-corrected chi connectivity index (χ3v) is 2.39. The van der Waals surface area contributed by atoms with Gasteiger partial charge in [0.2, 0.25) is 0 Å². The summed E-state index contributed by atoms with van der Waals surface area (Å²) >= 11 is 0. The van der Waals surface area contributed by atoms with Gasteiger partial charge in [-0.25, -0.2) is 0 Å². The van der Waals surface area contributed by atoms with Crippen molar-refractivity contribution >= 4 is 0 Å². The third kappa shape index (κ3) is 16.6. The summed E-state index contributed by atoms with van der Waals surface area (Å²) in [6, 6.07) is 0. The molecule has 1 unspecified atom stereocenters.